The van der Waals surface area contributed by atoms with Crippen molar-refractivity contribution < 1.29 is 104 Å². The van der Waals surface area contributed by atoms with Gasteiger partial charge in [-0.2, -0.15) is 27.2 Å². The van der Waals surface area contributed by atoms with Crippen molar-refractivity contribution in [2.24, 2.45) is 10.8 Å². The quantitative estimate of drug-likeness (QED) is 0.0388. The van der Waals surface area contributed by atoms with Gasteiger partial charge >= 0.3 is 75.4 Å². The normalized spacial score (nSPS) is 12.2. The van der Waals surface area contributed by atoms with E-state index in [2.05, 4.69) is 36.9 Å². The average molecular weight is 740 g/mol. The second-order valence-corrected chi connectivity index (χ2v) is 11.0. The number of ketones is 1. The van der Waals surface area contributed by atoms with Crippen LogP contribution in [0.2, 0.25) is 0 Å². The maximum absolute atomic E-state index is 13.5. The Balaban J connectivity index is 0.00000137. The average Bonchev–Trinajstić information content (AvgIpc) is 3.01. The number of aromatic amines is 1. The first-order valence-corrected chi connectivity index (χ1v) is 15.4. The van der Waals surface area contributed by atoms with Gasteiger partial charge in [-0.25, -0.2) is 13.2 Å². The Labute approximate surface area is 328 Å². The summed E-state index contributed by atoms with van der Waals surface area (Å²) in [4.78, 5) is 58.3. The van der Waals surface area contributed by atoms with Gasteiger partial charge in [0.05, 0.1) is 11.3 Å². The zero-order chi connectivity index (χ0) is 35.0. The first-order valence-electron chi connectivity index (χ1n) is 13.0. The van der Waals surface area contributed by atoms with Crippen LogP contribution in [0.3, 0.4) is 0 Å². The Hall–Kier alpha value is -4.38. The van der Waals surface area contributed by atoms with Crippen molar-refractivity contribution in [2.75, 3.05) is 10.7 Å². The fourth-order valence-corrected chi connectivity index (χ4v) is 4.79. The number of ether oxygens (including phenoxy) is 1. The predicted molar refractivity (Wildman–Crippen MR) is 164 cm³/mol. The van der Waals surface area contributed by atoms with Gasteiger partial charge in [0, 0.05) is 28.3 Å². The van der Waals surface area contributed by atoms with Crippen LogP contribution in [0.1, 0.15) is 37.7 Å². The molecule has 0 spiro atoms. The van der Waals surface area contributed by atoms with Crippen molar-refractivity contribution in [1.29, 1.82) is 0 Å². The number of anilines is 3. The fourth-order valence-electron chi connectivity index (χ4n) is 4.26. The summed E-state index contributed by atoms with van der Waals surface area (Å²) in [5.74, 6) is -1.52. The van der Waals surface area contributed by atoms with E-state index < -0.39 is 43.0 Å². The molecule has 0 aliphatic heterocycles. The number of hydrazone groups is 1. The molecule has 5 N–H and O–H groups in total. The molecule has 0 atom stereocenters. The molecule has 1 aromatic heterocycles. The van der Waals surface area contributed by atoms with Gasteiger partial charge in [-0.3, -0.25) is 20.0 Å². The summed E-state index contributed by atoms with van der Waals surface area (Å²) in [5, 5.41) is 6.69. The number of para-hydroxylation sites is 2. The molecule has 0 bridgehead atoms. The molecule has 1 aliphatic carbocycles. The number of carbonyl (C=O) groups is 3. The summed E-state index contributed by atoms with van der Waals surface area (Å²) in [6.07, 6.45) is 3.86. The standard InChI is InChI=1S/C28H20N7O8S.2Na.O3S/c29-26(38)18-6-2-3-7-19(18)34-35-20-10-9-16-11-17(44(40,41)42)13-21(24(16)25(20)37)30-27-31-23(32-28(39)33-27)12-15-5-1-4-8-22(15)43-14-36;;;1-4(2)3/h1-9,11,13-14,34H,12H2,(H2,29,38)(H,40,41,42)(H2,30,31,32,33,39);;;/q-1;2*+1;/p-1. The van der Waals surface area contributed by atoms with E-state index in [1.807, 2.05) is 0 Å². The summed E-state index contributed by atoms with van der Waals surface area (Å²) in [6.45, 7) is 0.251. The van der Waals surface area contributed by atoms with E-state index in [1.165, 1.54) is 18.2 Å². The van der Waals surface area contributed by atoms with E-state index in [4.69, 9.17) is 23.1 Å². The number of carbonyl (C=O) groups excluding carboxylic acids is 3. The number of Topliss-reactive ketones (excluding diaryl/α,β-unsaturated/α-hetero) is 1. The van der Waals surface area contributed by atoms with Crippen molar-refractivity contribution in [3.63, 3.8) is 0 Å². The molecule has 18 nitrogen and oxygen atoms in total. The van der Waals surface area contributed by atoms with Gasteiger partial charge in [0.2, 0.25) is 5.95 Å². The summed E-state index contributed by atoms with van der Waals surface area (Å²) in [6, 6.07) is 14.6. The number of benzene rings is 3. The molecule has 0 unspecified atom stereocenters. The fraction of sp³-hybridized carbons (Fsp3) is 0.0357. The molecular formula is C28H19N7Na2O11S2. The number of H-pyrrole nitrogens is 1. The predicted octanol–water partition coefficient (Wildman–Crippen LogP) is -5.48. The minimum Gasteiger partial charge on any atom is -0.744 e. The Kier molecular flexibility index (Phi) is 15.5. The van der Waals surface area contributed by atoms with E-state index in [0.29, 0.717) is 5.56 Å². The molecule has 1 amide bonds. The van der Waals surface area contributed by atoms with Crippen LogP contribution < -0.4 is 86.0 Å². The third-order valence-corrected chi connectivity index (χ3v) is 6.98. The maximum atomic E-state index is 13.5. The van der Waals surface area contributed by atoms with Crippen molar-refractivity contribution in [3.05, 3.63) is 105 Å². The monoisotopic (exact) mass is 739 g/mol. The summed E-state index contributed by atoms with van der Waals surface area (Å²) < 4.78 is 66.0. The third-order valence-electron chi connectivity index (χ3n) is 6.17. The molecule has 0 fully saturated rings. The second kappa shape index (κ2) is 18.6. The first-order chi connectivity index (χ1) is 22.8. The van der Waals surface area contributed by atoms with Crippen LogP contribution in [0.4, 0.5) is 17.3 Å². The minimum atomic E-state index is -5.00. The minimum absolute atomic E-state index is 0. The number of nitrogens with zero attached hydrogens (tertiary/aromatic N) is 3. The largest absolute Gasteiger partial charge is 1.00 e. The van der Waals surface area contributed by atoms with Gasteiger partial charge in [0.15, 0.2) is 0 Å². The van der Waals surface area contributed by atoms with E-state index in [1.54, 1.807) is 36.4 Å². The van der Waals surface area contributed by atoms with Gasteiger partial charge < -0.3 is 25.1 Å². The van der Waals surface area contributed by atoms with Crippen LogP contribution in [-0.2, 0) is 31.9 Å². The van der Waals surface area contributed by atoms with Gasteiger partial charge in [0.25, 0.3) is 12.4 Å². The van der Waals surface area contributed by atoms with E-state index >= 15 is 0 Å². The Bertz CT molecular complexity index is 2290. The van der Waals surface area contributed by atoms with Crippen LogP contribution in [0, 0.1) is 6.08 Å². The van der Waals surface area contributed by atoms with E-state index in [0.717, 1.165) is 12.1 Å². The number of rotatable bonds is 10. The Morgan fingerprint density at radius 3 is 2.36 bits per heavy atom. The summed E-state index contributed by atoms with van der Waals surface area (Å²) in [5.41, 5.74) is 7.36. The summed E-state index contributed by atoms with van der Waals surface area (Å²) >= 11 is 0. The number of aromatic nitrogens is 3. The number of primary amides is 1. The van der Waals surface area contributed by atoms with Crippen LogP contribution >= 0.6 is 0 Å². The molecule has 50 heavy (non-hydrogen) atoms. The first kappa shape index (κ1) is 41.8. The van der Waals surface area contributed by atoms with Gasteiger partial charge in [-0.05, 0) is 24.3 Å². The SMILES string of the molecule is NC(=O)c1ccccc1NN=C1[C-]=Cc2cc(S(=O)(=O)[O-])cc(Nc3nc(Cc4ccccc4OC=O)[nH]c(=O)n3)c2C1=O.O=S(=O)=O.[Na+].[Na+]. The van der Waals surface area contributed by atoms with Gasteiger partial charge in [-0.15, -0.1) is 18.2 Å². The molecule has 0 saturated heterocycles. The molecule has 246 valence electrons. The smallest absolute Gasteiger partial charge is 0.744 e. The van der Waals surface area contributed by atoms with Crippen molar-refractivity contribution in [2.45, 2.75) is 11.3 Å². The zero-order valence-electron chi connectivity index (χ0n) is 25.9. The summed E-state index contributed by atoms with van der Waals surface area (Å²) in [7, 11) is -8.11. The number of hydrogen-bond acceptors (Lipinski definition) is 16. The number of nitrogens with one attached hydrogen (secondary N) is 3. The van der Waals surface area contributed by atoms with Crippen LogP contribution in [-0.4, -0.2) is 64.4 Å². The Morgan fingerprint density at radius 2 is 1.70 bits per heavy atom. The molecule has 1 aliphatic rings. The van der Waals surface area contributed by atoms with Crippen molar-refractivity contribution in [3.8, 4) is 5.75 Å². The molecule has 1 heterocycles. The number of allylic oxidation sites excluding steroid dienone is 1. The van der Waals surface area contributed by atoms with Crippen LogP contribution in [0.5, 0.6) is 5.75 Å². The maximum Gasteiger partial charge on any atom is 1.00 e. The van der Waals surface area contributed by atoms with E-state index in [-0.39, 0.29) is 123 Å². The van der Waals surface area contributed by atoms with Crippen LogP contribution in [0.15, 0.2) is 75.5 Å². The third kappa shape index (κ3) is 11.1. The topological polar surface area (TPSA) is 290 Å². The molecule has 3 aromatic carbocycles. The van der Waals surface area contributed by atoms with Gasteiger partial charge in [-0.1, -0.05) is 42.0 Å². The number of hydrogen-bond donors (Lipinski definition) is 4. The zero-order valence-corrected chi connectivity index (χ0v) is 31.5. The number of fused-ring (bicyclic) bond motifs is 1. The molecule has 5 rings (SSSR count). The number of nitrogens with two attached hydrogens (primary N) is 1. The van der Waals surface area contributed by atoms with Gasteiger partial charge in [0.1, 0.15) is 27.5 Å². The number of amides is 1. The van der Waals surface area contributed by atoms with Crippen molar-refractivity contribution >= 4 is 68.0 Å². The molecule has 0 saturated carbocycles. The van der Waals surface area contributed by atoms with Crippen molar-refractivity contribution in [1.82, 2.24) is 15.0 Å². The molecule has 4 aromatic rings. The molecule has 22 heteroatoms. The van der Waals surface area contributed by atoms with Crippen LogP contribution in [0.25, 0.3) is 6.08 Å². The molecular weight excluding hydrogens is 720 g/mol. The molecule has 0 radical (unpaired) electrons. The van der Waals surface area contributed by atoms with E-state index in [9.17, 15) is 32.1 Å². The Morgan fingerprint density at radius 1 is 1.04 bits per heavy atom. The second-order valence-electron chi connectivity index (χ2n) is 9.24.